The van der Waals surface area contributed by atoms with Crippen LogP contribution in [0, 0.1) is 17.1 Å². The Kier molecular flexibility index (Phi) is 6.28. The van der Waals surface area contributed by atoms with Gasteiger partial charge in [0.15, 0.2) is 0 Å². The number of carbonyl (C=O) groups excluding carboxylic acids is 1. The van der Waals surface area contributed by atoms with Crippen molar-refractivity contribution in [3.63, 3.8) is 0 Å². The molecule has 0 aliphatic carbocycles. The first-order chi connectivity index (χ1) is 11.0. The average Bonchev–Trinajstić information content (AvgIpc) is 2.50. The maximum atomic E-state index is 13.2. The normalized spacial score (nSPS) is 13.2. The van der Waals surface area contributed by atoms with E-state index in [2.05, 4.69) is 4.74 Å². The summed E-state index contributed by atoms with van der Waals surface area (Å²) >= 11 is 0. The van der Waals surface area contributed by atoms with E-state index < -0.39 is 33.4 Å². The minimum atomic E-state index is -5.74. The van der Waals surface area contributed by atoms with E-state index in [1.165, 1.54) is 10.8 Å². The summed E-state index contributed by atoms with van der Waals surface area (Å²) in [5.74, 6) is -1.98. The quantitative estimate of drug-likeness (QED) is 0.608. The number of nitriles is 1. The Morgan fingerprint density at radius 2 is 2.04 bits per heavy atom. The third-order valence-electron chi connectivity index (χ3n) is 2.96. The molecule has 0 bridgehead atoms. The molecule has 0 saturated heterocycles. The van der Waals surface area contributed by atoms with Crippen molar-refractivity contribution in [2.75, 3.05) is 7.11 Å². The Labute approximate surface area is 135 Å². The molecular formula is C13H12F4N2O4S. The summed E-state index contributed by atoms with van der Waals surface area (Å²) in [5, 5.41) is 8.71. The lowest BCUT2D eigenvalue weighted by molar-refractivity contribution is -0.142. The van der Waals surface area contributed by atoms with Crippen LogP contribution in [0.1, 0.15) is 17.5 Å². The van der Waals surface area contributed by atoms with Crippen molar-refractivity contribution in [1.29, 1.82) is 5.26 Å². The minimum absolute atomic E-state index is 0.0882. The molecule has 0 amide bonds. The van der Waals surface area contributed by atoms with Crippen LogP contribution in [-0.2, 0) is 26.0 Å². The number of rotatable bonds is 6. The lowest BCUT2D eigenvalue weighted by atomic mass is 10.0. The van der Waals surface area contributed by atoms with E-state index in [9.17, 15) is 30.8 Å². The molecule has 0 aliphatic heterocycles. The second kappa shape index (κ2) is 7.59. The first-order valence-corrected chi connectivity index (χ1v) is 7.85. The predicted molar refractivity (Wildman–Crippen MR) is 73.4 cm³/mol. The molecule has 0 aliphatic rings. The molecule has 6 nitrogen and oxygen atoms in total. The summed E-state index contributed by atoms with van der Waals surface area (Å²) in [6, 6.07) is 3.22. The van der Waals surface area contributed by atoms with Gasteiger partial charge in [0.05, 0.1) is 12.7 Å². The summed E-state index contributed by atoms with van der Waals surface area (Å²) in [6.07, 6.45) is -0.465. The maximum absolute atomic E-state index is 13.2. The standard InChI is InChI=1S/C13H12F4N2O4S/c1-23-12(20)11(19-24(21,22)13(15,16)17)5-3-8-2-4-10(14)9(6-8)7-18/h2,4,6,11,19H,3,5H2,1H3/t11-/m0/s1. The molecule has 0 heterocycles. The van der Waals surface area contributed by atoms with E-state index in [1.807, 2.05) is 0 Å². The molecule has 1 atom stereocenters. The Morgan fingerprint density at radius 1 is 1.42 bits per heavy atom. The van der Waals surface area contributed by atoms with Crippen LogP contribution in [0.15, 0.2) is 18.2 Å². The highest BCUT2D eigenvalue weighted by atomic mass is 32.2. The van der Waals surface area contributed by atoms with E-state index in [-0.39, 0.29) is 18.4 Å². The Bertz CT molecular complexity index is 756. The van der Waals surface area contributed by atoms with Gasteiger partial charge in [0.25, 0.3) is 0 Å². The van der Waals surface area contributed by atoms with Crippen LogP contribution < -0.4 is 4.72 Å². The van der Waals surface area contributed by atoms with Gasteiger partial charge >= 0.3 is 21.5 Å². The third-order valence-corrected chi connectivity index (χ3v) is 4.16. The van der Waals surface area contributed by atoms with Gasteiger partial charge in [-0.3, -0.25) is 4.79 Å². The fraction of sp³-hybridized carbons (Fsp3) is 0.385. The number of methoxy groups -OCH3 is 1. The largest absolute Gasteiger partial charge is 0.511 e. The van der Waals surface area contributed by atoms with Crippen LogP contribution in [-0.4, -0.2) is 33.0 Å². The highest BCUT2D eigenvalue weighted by molar-refractivity contribution is 7.90. The lowest BCUT2D eigenvalue weighted by Crippen LogP contribution is -2.47. The molecule has 0 spiro atoms. The molecule has 24 heavy (non-hydrogen) atoms. The lowest BCUT2D eigenvalue weighted by Gasteiger charge is -2.17. The number of ether oxygens (including phenoxy) is 1. The number of aryl methyl sites for hydroxylation is 1. The van der Waals surface area contributed by atoms with Crippen molar-refractivity contribution in [1.82, 2.24) is 4.72 Å². The highest BCUT2D eigenvalue weighted by Gasteiger charge is 2.47. The fourth-order valence-electron chi connectivity index (χ4n) is 1.75. The van der Waals surface area contributed by atoms with Crippen LogP contribution >= 0.6 is 0 Å². The zero-order valence-electron chi connectivity index (χ0n) is 12.2. The van der Waals surface area contributed by atoms with Gasteiger partial charge in [0.1, 0.15) is 17.9 Å². The van der Waals surface area contributed by atoms with Gasteiger partial charge in [0, 0.05) is 0 Å². The van der Waals surface area contributed by atoms with Gasteiger partial charge in [-0.1, -0.05) is 6.07 Å². The molecule has 0 aromatic heterocycles. The van der Waals surface area contributed by atoms with Gasteiger partial charge in [-0.25, -0.2) is 12.8 Å². The van der Waals surface area contributed by atoms with Gasteiger partial charge in [-0.15, -0.1) is 0 Å². The Morgan fingerprint density at radius 3 is 2.54 bits per heavy atom. The zero-order chi connectivity index (χ0) is 18.5. The van der Waals surface area contributed by atoms with Crippen molar-refractivity contribution >= 4 is 16.0 Å². The highest BCUT2D eigenvalue weighted by Crippen LogP contribution is 2.23. The zero-order valence-corrected chi connectivity index (χ0v) is 13.0. The van der Waals surface area contributed by atoms with Crippen LogP contribution in [0.4, 0.5) is 17.6 Å². The number of nitrogens with zero attached hydrogens (tertiary/aromatic N) is 1. The molecule has 1 aromatic rings. The molecule has 11 heteroatoms. The molecule has 0 fully saturated rings. The number of benzene rings is 1. The van der Waals surface area contributed by atoms with Crippen LogP contribution in [0.5, 0.6) is 0 Å². The number of hydrogen-bond donors (Lipinski definition) is 1. The summed E-state index contributed by atoms with van der Waals surface area (Å²) in [4.78, 5) is 11.5. The van der Waals surface area contributed by atoms with E-state index in [0.29, 0.717) is 5.56 Å². The van der Waals surface area contributed by atoms with Crippen molar-refractivity contribution in [2.24, 2.45) is 0 Å². The van der Waals surface area contributed by atoms with E-state index >= 15 is 0 Å². The van der Waals surface area contributed by atoms with E-state index in [0.717, 1.165) is 19.2 Å². The molecular weight excluding hydrogens is 356 g/mol. The van der Waals surface area contributed by atoms with Crippen LogP contribution in [0.3, 0.4) is 0 Å². The summed E-state index contributed by atoms with van der Waals surface area (Å²) in [7, 11) is -4.85. The minimum Gasteiger partial charge on any atom is -0.468 e. The maximum Gasteiger partial charge on any atom is 0.511 e. The summed E-state index contributed by atoms with van der Waals surface area (Å²) in [6.45, 7) is 0. The topological polar surface area (TPSA) is 96.3 Å². The molecule has 1 N–H and O–H groups in total. The number of hydrogen-bond acceptors (Lipinski definition) is 5. The van der Waals surface area contributed by atoms with Crippen molar-refractivity contribution in [3.8, 4) is 6.07 Å². The van der Waals surface area contributed by atoms with Crippen molar-refractivity contribution < 1.29 is 35.5 Å². The number of carbonyl (C=O) groups is 1. The van der Waals surface area contributed by atoms with E-state index in [4.69, 9.17) is 5.26 Å². The summed E-state index contributed by atoms with van der Waals surface area (Å²) < 4.78 is 78.1. The van der Waals surface area contributed by atoms with Crippen molar-refractivity contribution in [3.05, 3.63) is 35.1 Å². The molecule has 1 rings (SSSR count). The number of sulfonamides is 1. The Hall–Kier alpha value is -2.19. The number of alkyl halides is 3. The molecule has 132 valence electrons. The fourth-order valence-corrected chi connectivity index (χ4v) is 2.47. The van der Waals surface area contributed by atoms with Gasteiger partial charge in [-0.2, -0.15) is 23.2 Å². The second-order valence-electron chi connectivity index (χ2n) is 4.61. The third kappa shape index (κ3) is 4.90. The first kappa shape index (κ1) is 19.9. The molecule has 0 unspecified atom stereocenters. The van der Waals surface area contributed by atoms with Gasteiger partial charge in [0.2, 0.25) is 0 Å². The smallest absolute Gasteiger partial charge is 0.468 e. The summed E-state index contributed by atoms with van der Waals surface area (Å²) in [5.41, 5.74) is -5.52. The molecule has 0 saturated carbocycles. The van der Waals surface area contributed by atoms with Crippen LogP contribution in [0.25, 0.3) is 0 Å². The van der Waals surface area contributed by atoms with Crippen LogP contribution in [0.2, 0.25) is 0 Å². The predicted octanol–water partition coefficient (Wildman–Crippen LogP) is 1.61. The SMILES string of the molecule is COC(=O)[C@H](CCc1ccc(F)c(C#N)c1)NS(=O)(=O)C(F)(F)F. The van der Waals surface area contributed by atoms with Gasteiger partial charge in [-0.05, 0) is 30.5 Å². The first-order valence-electron chi connectivity index (χ1n) is 6.36. The Balaban J connectivity index is 2.93. The number of nitrogens with one attached hydrogen (secondary N) is 1. The van der Waals surface area contributed by atoms with E-state index in [1.54, 1.807) is 6.07 Å². The number of esters is 1. The molecule has 1 aromatic carbocycles. The monoisotopic (exact) mass is 368 g/mol. The van der Waals surface area contributed by atoms with Crippen molar-refractivity contribution in [2.45, 2.75) is 24.4 Å². The average molecular weight is 368 g/mol. The van der Waals surface area contributed by atoms with Gasteiger partial charge < -0.3 is 4.74 Å². The molecule has 0 radical (unpaired) electrons. The second-order valence-corrected chi connectivity index (χ2v) is 6.31. The number of halogens is 4.